The maximum atomic E-state index is 5.75. The van der Waals surface area contributed by atoms with E-state index in [0.29, 0.717) is 5.02 Å². The molecule has 1 aromatic carbocycles. The summed E-state index contributed by atoms with van der Waals surface area (Å²) in [5.74, 6) is 0.823. The maximum Gasteiger partial charge on any atom is 0.126 e. The lowest BCUT2D eigenvalue weighted by atomic mass is 10.2. The zero-order valence-electron chi connectivity index (χ0n) is 8.45. The summed E-state index contributed by atoms with van der Waals surface area (Å²) in [6.07, 6.45) is 1.63. The molecule has 2 rings (SSSR count). The minimum atomic E-state index is 0.646. The Labute approximate surface area is 108 Å². The molecule has 1 N–H and O–H groups in total. The van der Waals surface area contributed by atoms with Crippen molar-refractivity contribution in [2.75, 3.05) is 5.32 Å². The van der Waals surface area contributed by atoms with E-state index in [1.54, 1.807) is 6.20 Å². The number of halogens is 2. The lowest BCUT2D eigenvalue weighted by molar-refractivity contribution is 1.11. The molecule has 2 nitrogen and oxygen atoms in total. The number of anilines is 1. The fourth-order valence-electron chi connectivity index (χ4n) is 1.32. The van der Waals surface area contributed by atoms with E-state index in [9.17, 15) is 0 Å². The van der Waals surface area contributed by atoms with Crippen LogP contribution in [-0.2, 0) is 6.54 Å². The number of pyridine rings is 1. The van der Waals surface area contributed by atoms with E-state index in [4.69, 9.17) is 11.6 Å². The van der Waals surface area contributed by atoms with E-state index in [1.807, 2.05) is 24.3 Å². The fraction of sp³-hybridized carbons (Fsp3) is 0.0833. The minimum Gasteiger partial charge on any atom is -0.366 e. The molecule has 0 bridgehead atoms. The number of rotatable bonds is 3. The molecule has 16 heavy (non-hydrogen) atoms. The number of hydrogen-bond donors (Lipinski definition) is 1. The van der Waals surface area contributed by atoms with Crippen molar-refractivity contribution >= 4 is 33.3 Å². The van der Waals surface area contributed by atoms with Crippen molar-refractivity contribution in [3.05, 3.63) is 57.7 Å². The molecule has 82 valence electrons. The summed E-state index contributed by atoms with van der Waals surface area (Å²) in [5, 5.41) is 3.87. The van der Waals surface area contributed by atoms with Gasteiger partial charge in [-0.2, -0.15) is 0 Å². The first-order valence-electron chi connectivity index (χ1n) is 4.84. The quantitative estimate of drug-likeness (QED) is 0.922. The average Bonchev–Trinajstić information content (AvgIpc) is 2.28. The second-order valence-electron chi connectivity index (χ2n) is 3.35. The first-order valence-corrected chi connectivity index (χ1v) is 6.01. The van der Waals surface area contributed by atoms with E-state index in [0.717, 1.165) is 16.8 Å². The van der Waals surface area contributed by atoms with Crippen LogP contribution in [0.15, 0.2) is 47.1 Å². The summed E-state index contributed by atoms with van der Waals surface area (Å²) < 4.78 is 1.08. The van der Waals surface area contributed by atoms with E-state index in [-0.39, 0.29) is 0 Å². The van der Waals surface area contributed by atoms with Crippen LogP contribution in [0.1, 0.15) is 5.56 Å². The van der Waals surface area contributed by atoms with Crippen molar-refractivity contribution in [2.45, 2.75) is 6.54 Å². The average molecular weight is 298 g/mol. The van der Waals surface area contributed by atoms with E-state index < -0.39 is 0 Å². The Hall–Kier alpha value is -1.06. The molecule has 0 unspecified atom stereocenters. The normalized spacial score (nSPS) is 10.1. The number of nitrogens with one attached hydrogen (secondary N) is 1. The van der Waals surface area contributed by atoms with Gasteiger partial charge in [0.2, 0.25) is 0 Å². The molecule has 0 aliphatic carbocycles. The minimum absolute atomic E-state index is 0.646. The molecule has 4 heteroatoms. The van der Waals surface area contributed by atoms with Crippen LogP contribution in [0.4, 0.5) is 5.82 Å². The highest BCUT2D eigenvalue weighted by Crippen LogP contribution is 2.14. The van der Waals surface area contributed by atoms with Gasteiger partial charge in [-0.1, -0.05) is 39.7 Å². The Morgan fingerprint density at radius 3 is 2.81 bits per heavy atom. The van der Waals surface area contributed by atoms with Gasteiger partial charge >= 0.3 is 0 Å². The van der Waals surface area contributed by atoms with Gasteiger partial charge in [0.15, 0.2) is 0 Å². The molecule has 0 radical (unpaired) electrons. The molecule has 0 fully saturated rings. The maximum absolute atomic E-state index is 5.75. The standard InChI is InChI=1S/C12H10BrClN2/c13-10-3-1-2-9(6-10)7-15-12-5-4-11(14)8-16-12/h1-6,8H,7H2,(H,15,16). The van der Waals surface area contributed by atoms with Crippen LogP contribution in [0.5, 0.6) is 0 Å². The number of aromatic nitrogens is 1. The molecule has 0 spiro atoms. The number of hydrogen-bond acceptors (Lipinski definition) is 2. The van der Waals surface area contributed by atoms with Gasteiger partial charge in [0.1, 0.15) is 5.82 Å². The van der Waals surface area contributed by atoms with Crippen molar-refractivity contribution in [2.24, 2.45) is 0 Å². The highest BCUT2D eigenvalue weighted by Gasteiger charge is 1.96. The van der Waals surface area contributed by atoms with Crippen LogP contribution in [0, 0.1) is 0 Å². The Bertz CT molecular complexity index is 471. The van der Waals surface area contributed by atoms with Crippen molar-refractivity contribution in [3.63, 3.8) is 0 Å². The first-order chi connectivity index (χ1) is 7.74. The van der Waals surface area contributed by atoms with Gasteiger partial charge in [0.05, 0.1) is 5.02 Å². The summed E-state index contributed by atoms with van der Waals surface area (Å²) in [4.78, 5) is 4.16. The van der Waals surface area contributed by atoms with Crippen LogP contribution in [0.2, 0.25) is 5.02 Å². The number of benzene rings is 1. The molecule has 2 aromatic rings. The molecule has 0 aliphatic rings. The van der Waals surface area contributed by atoms with Gasteiger partial charge in [-0.25, -0.2) is 4.98 Å². The monoisotopic (exact) mass is 296 g/mol. The Morgan fingerprint density at radius 2 is 2.12 bits per heavy atom. The second-order valence-corrected chi connectivity index (χ2v) is 4.70. The van der Waals surface area contributed by atoms with Crippen LogP contribution < -0.4 is 5.32 Å². The van der Waals surface area contributed by atoms with Crippen molar-refractivity contribution in [3.8, 4) is 0 Å². The summed E-state index contributed by atoms with van der Waals surface area (Å²) in [6, 6.07) is 11.8. The Morgan fingerprint density at radius 1 is 1.25 bits per heavy atom. The zero-order valence-corrected chi connectivity index (χ0v) is 10.8. The summed E-state index contributed by atoms with van der Waals surface area (Å²) in [6.45, 7) is 0.744. The third-order valence-electron chi connectivity index (χ3n) is 2.09. The molecule has 0 atom stereocenters. The van der Waals surface area contributed by atoms with E-state index >= 15 is 0 Å². The third-order valence-corrected chi connectivity index (χ3v) is 2.81. The topological polar surface area (TPSA) is 24.9 Å². The SMILES string of the molecule is Clc1ccc(NCc2cccc(Br)c2)nc1. The van der Waals surface area contributed by atoms with Gasteiger partial charge in [0.25, 0.3) is 0 Å². The molecule has 1 heterocycles. The Balaban J connectivity index is 1.99. The largest absolute Gasteiger partial charge is 0.366 e. The van der Waals surface area contributed by atoms with Gasteiger partial charge in [-0.05, 0) is 29.8 Å². The summed E-state index contributed by atoms with van der Waals surface area (Å²) >= 11 is 9.19. The molecule has 0 saturated carbocycles. The highest BCUT2D eigenvalue weighted by atomic mass is 79.9. The van der Waals surface area contributed by atoms with Gasteiger partial charge in [-0.15, -0.1) is 0 Å². The van der Waals surface area contributed by atoms with Crippen LogP contribution in [0.3, 0.4) is 0 Å². The zero-order chi connectivity index (χ0) is 11.4. The van der Waals surface area contributed by atoms with Gasteiger partial charge in [-0.3, -0.25) is 0 Å². The molecular formula is C12H10BrClN2. The third kappa shape index (κ3) is 3.22. The Kier molecular flexibility index (Phi) is 3.80. The molecule has 1 aromatic heterocycles. The summed E-state index contributed by atoms with van der Waals surface area (Å²) in [5.41, 5.74) is 1.20. The van der Waals surface area contributed by atoms with E-state index in [2.05, 4.69) is 38.4 Å². The first kappa shape index (κ1) is 11.4. The lowest BCUT2D eigenvalue weighted by Gasteiger charge is -2.05. The molecule has 0 amide bonds. The second kappa shape index (κ2) is 5.32. The van der Waals surface area contributed by atoms with Gasteiger partial charge < -0.3 is 5.32 Å². The smallest absolute Gasteiger partial charge is 0.126 e. The van der Waals surface area contributed by atoms with E-state index in [1.165, 1.54) is 5.56 Å². The molecule has 0 saturated heterocycles. The van der Waals surface area contributed by atoms with Crippen LogP contribution in [-0.4, -0.2) is 4.98 Å². The highest BCUT2D eigenvalue weighted by molar-refractivity contribution is 9.10. The van der Waals surface area contributed by atoms with Crippen molar-refractivity contribution in [1.29, 1.82) is 0 Å². The summed E-state index contributed by atoms with van der Waals surface area (Å²) in [7, 11) is 0. The molecule has 0 aliphatic heterocycles. The van der Waals surface area contributed by atoms with Crippen molar-refractivity contribution < 1.29 is 0 Å². The van der Waals surface area contributed by atoms with Crippen LogP contribution >= 0.6 is 27.5 Å². The number of nitrogens with zero attached hydrogens (tertiary/aromatic N) is 1. The molecular weight excluding hydrogens is 288 g/mol. The van der Waals surface area contributed by atoms with Crippen molar-refractivity contribution in [1.82, 2.24) is 4.98 Å². The van der Waals surface area contributed by atoms with Crippen LogP contribution in [0.25, 0.3) is 0 Å². The van der Waals surface area contributed by atoms with Gasteiger partial charge in [0, 0.05) is 17.2 Å². The lowest BCUT2D eigenvalue weighted by Crippen LogP contribution is -2.00. The fourth-order valence-corrected chi connectivity index (χ4v) is 1.88. The predicted octanol–water partition coefficient (Wildman–Crippen LogP) is 4.11. The predicted molar refractivity (Wildman–Crippen MR) is 70.7 cm³/mol.